The van der Waals surface area contributed by atoms with Gasteiger partial charge in [0.25, 0.3) is 0 Å². The van der Waals surface area contributed by atoms with Crippen molar-refractivity contribution in [3.8, 4) is 0 Å². The van der Waals surface area contributed by atoms with Crippen LogP contribution in [0.4, 0.5) is 0 Å². The van der Waals surface area contributed by atoms with Crippen molar-refractivity contribution in [3.63, 3.8) is 0 Å². The molecule has 0 fully saturated rings. The summed E-state index contributed by atoms with van der Waals surface area (Å²) in [4.78, 5) is 0. The van der Waals surface area contributed by atoms with Crippen LogP contribution in [0, 0.1) is 0 Å². The maximum Gasteiger partial charge on any atom is 0 e. The molecule has 0 aliphatic heterocycles. The first-order valence-electron chi connectivity index (χ1n) is 12.0. The molecule has 0 saturated carbocycles. The number of aliphatic hydroxyl groups is 4. The van der Waals surface area contributed by atoms with Crippen molar-refractivity contribution in [3.05, 3.63) is 0 Å². The summed E-state index contributed by atoms with van der Waals surface area (Å²) >= 11 is -3.89. The van der Waals surface area contributed by atoms with Crippen molar-refractivity contribution in [2.75, 3.05) is 0 Å². The first kappa shape index (κ1) is 48.3. The SMILES string of the molecule is CC(C)O.CC(C)O.CC(C)O.CC(C)O.CC(C)[O][Sn]([O]C(C)C)([O]C(C)C)[O]C(C)C.[Ti]. The standard InChI is InChI=1S/4C3H8O.4C3H7O.Sn.Ti/c8*1-3(2)4;;/h4*3-4H,1-2H3;4*3H,1-2H3;;/q;;;;4*-1;+4;. The summed E-state index contributed by atoms with van der Waals surface area (Å²) in [6, 6.07) is 0. The Labute approximate surface area is 233 Å². The van der Waals surface area contributed by atoms with Crippen LogP contribution in [-0.4, -0.2) is 89.3 Å². The third kappa shape index (κ3) is 76.6. The summed E-state index contributed by atoms with van der Waals surface area (Å²) in [5, 5.41) is 32.2. The van der Waals surface area contributed by atoms with Crippen molar-refractivity contribution in [2.24, 2.45) is 0 Å². The Morgan fingerprint density at radius 2 is 0.441 bits per heavy atom. The average molecular weight is 643 g/mol. The molecule has 0 aliphatic rings. The Hall–Kier alpha value is 1.19. The zero-order valence-electron chi connectivity index (χ0n) is 25.0. The first-order valence-corrected chi connectivity index (χ1v) is 16.7. The van der Waals surface area contributed by atoms with Crippen molar-refractivity contribution in [2.45, 2.75) is 160 Å². The number of hydrogen-bond donors (Lipinski definition) is 4. The van der Waals surface area contributed by atoms with Crippen molar-refractivity contribution in [1.29, 1.82) is 0 Å². The monoisotopic (exact) mass is 644 g/mol. The van der Waals surface area contributed by atoms with E-state index in [2.05, 4.69) is 0 Å². The molecule has 0 heterocycles. The molecule has 10 heteroatoms. The van der Waals surface area contributed by atoms with Gasteiger partial charge < -0.3 is 20.4 Å². The van der Waals surface area contributed by atoms with Gasteiger partial charge in [0.15, 0.2) is 0 Å². The molecule has 0 unspecified atom stereocenters. The van der Waals surface area contributed by atoms with E-state index in [0.717, 1.165) is 0 Å². The number of hydrogen-bond acceptors (Lipinski definition) is 8. The molecule has 0 radical (unpaired) electrons. The van der Waals surface area contributed by atoms with Crippen LogP contribution in [-0.2, 0) is 34.0 Å². The van der Waals surface area contributed by atoms with E-state index in [0.29, 0.717) is 0 Å². The van der Waals surface area contributed by atoms with Crippen LogP contribution < -0.4 is 0 Å². The molecule has 0 aromatic carbocycles. The van der Waals surface area contributed by atoms with E-state index in [4.69, 9.17) is 32.7 Å². The molecule has 0 rings (SSSR count). The second-order valence-corrected chi connectivity index (χ2v) is 15.1. The molecule has 212 valence electrons. The topological polar surface area (TPSA) is 118 Å². The summed E-state index contributed by atoms with van der Waals surface area (Å²) in [5.74, 6) is 0. The Kier molecular flexibility index (Phi) is 43.2. The molecule has 0 spiro atoms. The second kappa shape index (κ2) is 30.4. The Bertz CT molecular complexity index is 286. The first-order chi connectivity index (χ1) is 14.6. The zero-order chi connectivity index (χ0) is 27.9. The van der Waals surface area contributed by atoms with Gasteiger partial charge in [0.1, 0.15) is 0 Å². The minimum Gasteiger partial charge on any atom is 0 e. The van der Waals surface area contributed by atoms with Crippen LogP contribution in [0.25, 0.3) is 0 Å². The second-order valence-electron chi connectivity index (χ2n) is 9.54. The van der Waals surface area contributed by atoms with Crippen LogP contribution in [0.5, 0.6) is 0 Å². The molecule has 0 aliphatic carbocycles. The van der Waals surface area contributed by atoms with Gasteiger partial charge in [-0.3, -0.25) is 0 Å². The molecule has 0 amide bonds. The van der Waals surface area contributed by atoms with E-state index in [-0.39, 0.29) is 70.5 Å². The fourth-order valence-corrected chi connectivity index (χ4v) is 8.86. The molecule has 8 nitrogen and oxygen atoms in total. The van der Waals surface area contributed by atoms with E-state index >= 15 is 0 Å². The Morgan fingerprint density at radius 3 is 0.500 bits per heavy atom. The van der Waals surface area contributed by atoms with Crippen LogP contribution in [0.2, 0.25) is 0 Å². The summed E-state index contributed by atoms with van der Waals surface area (Å²) in [5.41, 5.74) is 0. The molecular weight excluding hydrogens is 583 g/mol. The maximum absolute atomic E-state index is 8.06. The molecule has 0 atom stereocenters. The largest absolute Gasteiger partial charge is 0 e. The molecule has 0 aromatic rings. The Morgan fingerprint density at radius 1 is 0.353 bits per heavy atom. The zero-order valence-corrected chi connectivity index (χ0v) is 29.5. The predicted octanol–water partition coefficient (Wildman–Crippen LogP) is 4.67. The van der Waals surface area contributed by atoms with Gasteiger partial charge in [0.05, 0.1) is 0 Å². The van der Waals surface area contributed by atoms with Gasteiger partial charge in [-0.25, -0.2) is 0 Å². The van der Waals surface area contributed by atoms with Crippen molar-refractivity contribution < 1.29 is 54.4 Å². The minimum absolute atomic E-state index is 0. The van der Waals surface area contributed by atoms with E-state index in [1.54, 1.807) is 55.4 Å². The Balaban J connectivity index is -0.0000000939. The average Bonchev–Trinajstić information content (AvgIpc) is 2.40. The maximum atomic E-state index is 8.06. The number of rotatable bonds is 8. The molecule has 34 heavy (non-hydrogen) atoms. The number of aliphatic hydroxyl groups excluding tert-OH is 4. The van der Waals surface area contributed by atoms with Gasteiger partial charge in [0, 0.05) is 46.1 Å². The summed E-state index contributed by atoms with van der Waals surface area (Å²) < 4.78 is 23.7. The van der Waals surface area contributed by atoms with E-state index < -0.39 is 20.0 Å². The molecule has 4 N–H and O–H groups in total. The molecule has 0 aromatic heterocycles. The van der Waals surface area contributed by atoms with Crippen molar-refractivity contribution >= 4 is 20.0 Å². The fourth-order valence-electron chi connectivity index (χ4n) is 1.32. The van der Waals surface area contributed by atoms with Gasteiger partial charge in [-0.05, 0) is 55.4 Å². The van der Waals surface area contributed by atoms with Crippen LogP contribution >= 0.6 is 0 Å². The summed E-state index contributed by atoms with van der Waals surface area (Å²) in [6.45, 7) is 29.6. The summed E-state index contributed by atoms with van der Waals surface area (Å²) in [7, 11) is 0. The van der Waals surface area contributed by atoms with Gasteiger partial charge in [0.2, 0.25) is 0 Å². The molecule has 0 saturated heterocycles. The third-order valence-corrected chi connectivity index (χ3v) is 10.2. The summed E-state index contributed by atoms with van der Waals surface area (Å²) in [6.07, 6.45) is -0.492. The van der Waals surface area contributed by atoms with E-state index in [1.807, 2.05) is 55.4 Å². The minimum atomic E-state index is -3.89. The third-order valence-electron chi connectivity index (χ3n) is 1.52. The quantitative estimate of drug-likeness (QED) is 0.282. The smallest absolute Gasteiger partial charge is 0 e. The van der Waals surface area contributed by atoms with Crippen molar-refractivity contribution in [1.82, 2.24) is 0 Å². The van der Waals surface area contributed by atoms with Crippen LogP contribution in [0.1, 0.15) is 111 Å². The van der Waals surface area contributed by atoms with E-state index in [1.165, 1.54) is 0 Å². The van der Waals surface area contributed by atoms with Gasteiger partial charge >= 0.3 is 112 Å². The van der Waals surface area contributed by atoms with Crippen LogP contribution in [0.15, 0.2) is 0 Å². The van der Waals surface area contributed by atoms with Crippen LogP contribution in [0.3, 0.4) is 0 Å². The molecule has 0 bridgehead atoms. The predicted molar refractivity (Wildman–Crippen MR) is 140 cm³/mol. The van der Waals surface area contributed by atoms with Gasteiger partial charge in [-0.15, -0.1) is 0 Å². The van der Waals surface area contributed by atoms with Gasteiger partial charge in [-0.2, -0.15) is 0 Å². The fraction of sp³-hybridized carbons (Fsp3) is 1.00. The molecular formula is C24H60O8SnTi. The normalized spacial score (nSPS) is 10.9. The van der Waals surface area contributed by atoms with E-state index in [9.17, 15) is 0 Å². The van der Waals surface area contributed by atoms with Gasteiger partial charge in [-0.1, -0.05) is 0 Å².